The van der Waals surface area contributed by atoms with Crippen LogP contribution in [0, 0.1) is 18.7 Å². The van der Waals surface area contributed by atoms with Gasteiger partial charge in [-0.25, -0.2) is 4.39 Å². The van der Waals surface area contributed by atoms with E-state index in [9.17, 15) is 9.18 Å². The van der Waals surface area contributed by atoms with Crippen LogP contribution in [-0.2, 0) is 11.3 Å². The summed E-state index contributed by atoms with van der Waals surface area (Å²) in [4.78, 5) is 14.7. The molecule has 1 amide bonds. The first-order valence-electron chi connectivity index (χ1n) is 8.46. The highest BCUT2D eigenvalue weighted by Crippen LogP contribution is 2.22. The average Bonchev–Trinajstić information content (AvgIpc) is 2.59. The molecule has 3 rings (SSSR count). The summed E-state index contributed by atoms with van der Waals surface area (Å²) in [6.07, 6.45) is 1.84. The average molecular weight is 326 g/mol. The number of carbonyl (C=O) groups is 1. The third kappa shape index (κ3) is 4.01. The molecule has 1 heterocycles. The number of benzene rings is 2. The van der Waals surface area contributed by atoms with Crippen LogP contribution in [0.2, 0.25) is 0 Å². The zero-order valence-corrected chi connectivity index (χ0v) is 14.0. The number of nitrogens with one attached hydrogen (secondary N) is 1. The first-order chi connectivity index (χ1) is 11.6. The van der Waals surface area contributed by atoms with E-state index in [1.54, 1.807) is 6.07 Å². The van der Waals surface area contributed by atoms with E-state index in [0.717, 1.165) is 30.6 Å². The van der Waals surface area contributed by atoms with Crippen molar-refractivity contribution in [1.82, 2.24) is 4.90 Å². The van der Waals surface area contributed by atoms with Gasteiger partial charge in [-0.3, -0.25) is 9.69 Å². The van der Waals surface area contributed by atoms with Gasteiger partial charge in [-0.15, -0.1) is 0 Å². The molecule has 1 saturated heterocycles. The second kappa shape index (κ2) is 7.58. The van der Waals surface area contributed by atoms with Gasteiger partial charge in [-0.1, -0.05) is 36.4 Å². The number of halogens is 1. The van der Waals surface area contributed by atoms with E-state index in [0.29, 0.717) is 18.7 Å². The molecule has 0 radical (unpaired) electrons. The van der Waals surface area contributed by atoms with Crippen molar-refractivity contribution in [2.45, 2.75) is 26.3 Å². The summed E-state index contributed by atoms with van der Waals surface area (Å²) in [6, 6.07) is 14.6. The molecule has 0 bridgehead atoms. The fourth-order valence-electron chi connectivity index (χ4n) is 3.23. The molecular weight excluding hydrogens is 303 g/mol. The smallest absolute Gasteiger partial charge is 0.228 e. The topological polar surface area (TPSA) is 32.3 Å². The molecule has 0 aliphatic carbocycles. The van der Waals surface area contributed by atoms with Crippen LogP contribution >= 0.6 is 0 Å². The quantitative estimate of drug-likeness (QED) is 0.921. The molecule has 2 aromatic carbocycles. The van der Waals surface area contributed by atoms with E-state index in [-0.39, 0.29) is 17.6 Å². The highest BCUT2D eigenvalue weighted by molar-refractivity contribution is 5.93. The van der Waals surface area contributed by atoms with E-state index in [1.165, 1.54) is 6.07 Å². The molecule has 0 aromatic heterocycles. The third-order valence-electron chi connectivity index (χ3n) is 4.63. The Morgan fingerprint density at radius 3 is 2.75 bits per heavy atom. The minimum atomic E-state index is -0.177. The largest absolute Gasteiger partial charge is 0.326 e. The third-order valence-corrected chi connectivity index (χ3v) is 4.63. The van der Waals surface area contributed by atoms with Gasteiger partial charge in [0.1, 0.15) is 5.82 Å². The van der Waals surface area contributed by atoms with Gasteiger partial charge in [0.25, 0.3) is 0 Å². The minimum absolute atomic E-state index is 0.0508. The van der Waals surface area contributed by atoms with E-state index < -0.39 is 0 Å². The summed E-state index contributed by atoms with van der Waals surface area (Å²) in [6.45, 7) is 4.12. The molecular formula is C20H23FN2O. The van der Waals surface area contributed by atoms with Gasteiger partial charge in [0.05, 0.1) is 5.92 Å². The Kier molecular flexibility index (Phi) is 5.26. The first-order valence-corrected chi connectivity index (χ1v) is 8.46. The predicted molar refractivity (Wildman–Crippen MR) is 94.2 cm³/mol. The summed E-state index contributed by atoms with van der Waals surface area (Å²) < 4.78 is 13.8. The Hall–Kier alpha value is -2.20. The lowest BCUT2D eigenvalue weighted by Gasteiger charge is -2.32. The Bertz CT molecular complexity index is 716. The molecule has 1 N–H and O–H groups in total. The fourth-order valence-corrected chi connectivity index (χ4v) is 3.23. The lowest BCUT2D eigenvalue weighted by atomic mass is 9.96. The van der Waals surface area contributed by atoms with Crippen molar-refractivity contribution >= 4 is 11.6 Å². The molecule has 1 aliphatic rings. The predicted octanol–water partition coefficient (Wildman–Crippen LogP) is 3.98. The number of likely N-dealkylation sites (tertiary alicyclic amines) is 1. The van der Waals surface area contributed by atoms with E-state index in [1.807, 2.05) is 43.3 Å². The van der Waals surface area contributed by atoms with Gasteiger partial charge in [0.15, 0.2) is 0 Å². The molecule has 0 saturated carbocycles. The molecule has 0 spiro atoms. The summed E-state index contributed by atoms with van der Waals surface area (Å²) in [5.41, 5.74) is 2.62. The summed E-state index contributed by atoms with van der Waals surface area (Å²) >= 11 is 0. The molecule has 24 heavy (non-hydrogen) atoms. The van der Waals surface area contributed by atoms with Crippen LogP contribution in [0.1, 0.15) is 24.0 Å². The SMILES string of the molecule is Cc1ccccc1NC(=O)C1CCCN(Cc2ccccc2F)C1. The number of nitrogens with zero attached hydrogens (tertiary/aromatic N) is 1. The van der Waals surface area contributed by atoms with Crippen LogP contribution in [0.3, 0.4) is 0 Å². The van der Waals surface area contributed by atoms with Crippen molar-refractivity contribution in [3.8, 4) is 0 Å². The Labute approximate surface area is 142 Å². The van der Waals surface area contributed by atoms with Crippen molar-refractivity contribution in [1.29, 1.82) is 0 Å². The molecule has 1 unspecified atom stereocenters. The summed E-state index contributed by atoms with van der Waals surface area (Å²) in [5, 5.41) is 3.04. The second-order valence-corrected chi connectivity index (χ2v) is 6.47. The highest BCUT2D eigenvalue weighted by Gasteiger charge is 2.26. The van der Waals surface area contributed by atoms with Crippen molar-refractivity contribution in [2.75, 3.05) is 18.4 Å². The minimum Gasteiger partial charge on any atom is -0.326 e. The molecule has 3 nitrogen and oxygen atoms in total. The number of hydrogen-bond donors (Lipinski definition) is 1. The summed E-state index contributed by atoms with van der Waals surface area (Å²) in [7, 11) is 0. The molecule has 4 heteroatoms. The van der Waals surface area contributed by atoms with Gasteiger partial charge < -0.3 is 5.32 Å². The van der Waals surface area contributed by atoms with Crippen molar-refractivity contribution < 1.29 is 9.18 Å². The number of rotatable bonds is 4. The van der Waals surface area contributed by atoms with Gasteiger partial charge in [0, 0.05) is 24.3 Å². The van der Waals surface area contributed by atoms with Gasteiger partial charge in [-0.05, 0) is 44.0 Å². The normalized spacial score (nSPS) is 18.3. The summed E-state index contributed by atoms with van der Waals surface area (Å²) in [5.74, 6) is -0.170. The van der Waals surface area contributed by atoms with Crippen LogP contribution in [0.4, 0.5) is 10.1 Å². The Morgan fingerprint density at radius 2 is 1.96 bits per heavy atom. The number of piperidine rings is 1. The fraction of sp³-hybridized carbons (Fsp3) is 0.350. The lowest BCUT2D eigenvalue weighted by Crippen LogP contribution is -2.40. The number of carbonyl (C=O) groups excluding carboxylic acids is 1. The molecule has 2 aromatic rings. The molecule has 1 aliphatic heterocycles. The number of amides is 1. The van der Waals surface area contributed by atoms with Crippen LogP contribution in [0.25, 0.3) is 0 Å². The maximum absolute atomic E-state index is 13.8. The Balaban J connectivity index is 1.62. The van der Waals surface area contributed by atoms with Crippen LogP contribution < -0.4 is 5.32 Å². The number of anilines is 1. The zero-order valence-electron chi connectivity index (χ0n) is 14.0. The molecule has 1 atom stereocenters. The number of para-hydroxylation sites is 1. The monoisotopic (exact) mass is 326 g/mol. The molecule has 126 valence electrons. The van der Waals surface area contributed by atoms with Gasteiger partial charge >= 0.3 is 0 Å². The van der Waals surface area contributed by atoms with Crippen LogP contribution in [0.5, 0.6) is 0 Å². The number of hydrogen-bond acceptors (Lipinski definition) is 2. The second-order valence-electron chi connectivity index (χ2n) is 6.47. The molecule has 1 fully saturated rings. The first kappa shape index (κ1) is 16.7. The van der Waals surface area contributed by atoms with Crippen molar-refractivity contribution in [2.24, 2.45) is 5.92 Å². The zero-order chi connectivity index (χ0) is 16.9. The van der Waals surface area contributed by atoms with Crippen LogP contribution in [0.15, 0.2) is 48.5 Å². The van der Waals surface area contributed by atoms with Gasteiger partial charge in [-0.2, -0.15) is 0 Å². The van der Waals surface area contributed by atoms with Crippen molar-refractivity contribution in [3.63, 3.8) is 0 Å². The van der Waals surface area contributed by atoms with Gasteiger partial charge in [0.2, 0.25) is 5.91 Å². The van der Waals surface area contributed by atoms with E-state index in [4.69, 9.17) is 0 Å². The van der Waals surface area contributed by atoms with E-state index >= 15 is 0 Å². The Morgan fingerprint density at radius 1 is 1.21 bits per heavy atom. The van der Waals surface area contributed by atoms with E-state index in [2.05, 4.69) is 10.2 Å². The highest BCUT2D eigenvalue weighted by atomic mass is 19.1. The lowest BCUT2D eigenvalue weighted by molar-refractivity contribution is -0.121. The standard InChI is InChI=1S/C20H23FN2O/c1-15-7-2-5-11-19(15)22-20(24)17-9-6-12-23(14-17)13-16-8-3-4-10-18(16)21/h2-5,7-8,10-11,17H,6,9,12-14H2,1H3,(H,22,24). The van der Waals surface area contributed by atoms with Crippen molar-refractivity contribution in [3.05, 3.63) is 65.5 Å². The maximum atomic E-state index is 13.8. The van der Waals surface area contributed by atoms with Crippen LogP contribution in [-0.4, -0.2) is 23.9 Å². The maximum Gasteiger partial charge on any atom is 0.228 e. The number of aryl methyl sites for hydroxylation is 1.